The topological polar surface area (TPSA) is 53.2 Å². The van der Waals surface area contributed by atoms with Gasteiger partial charge in [-0.3, -0.25) is 4.79 Å². The second-order valence-corrected chi connectivity index (χ2v) is 9.68. The lowest BCUT2D eigenvalue weighted by molar-refractivity contribution is 0.0934. The normalized spacial score (nSPS) is 12.2. The molecular formula is C16H12Br2Cl3N3OS. The van der Waals surface area contributed by atoms with Crippen molar-refractivity contribution in [3.63, 3.8) is 0 Å². The first-order valence-corrected chi connectivity index (χ1v) is 10.2. The molecular weight excluding hydrogens is 548 g/mol. The van der Waals surface area contributed by atoms with Crippen LogP contribution < -0.4 is 16.0 Å². The molecule has 0 saturated carbocycles. The molecule has 2 aromatic rings. The van der Waals surface area contributed by atoms with Crippen molar-refractivity contribution in [1.29, 1.82) is 0 Å². The Balaban J connectivity index is 2.07. The zero-order chi connectivity index (χ0) is 19.3. The maximum atomic E-state index is 12.4. The van der Waals surface area contributed by atoms with Crippen LogP contribution in [0, 0.1) is 0 Å². The van der Waals surface area contributed by atoms with Crippen LogP contribution in [0.25, 0.3) is 0 Å². The molecule has 1 amide bonds. The number of anilines is 1. The molecule has 0 aliphatic rings. The highest BCUT2D eigenvalue weighted by atomic mass is 79.9. The van der Waals surface area contributed by atoms with Crippen molar-refractivity contribution in [3.05, 3.63) is 63.0 Å². The molecule has 138 valence electrons. The lowest BCUT2D eigenvalue weighted by Gasteiger charge is -2.27. The summed E-state index contributed by atoms with van der Waals surface area (Å²) < 4.78 is -0.188. The molecule has 0 aliphatic carbocycles. The molecule has 0 aliphatic heterocycles. The highest BCUT2D eigenvalue weighted by Crippen LogP contribution is 2.29. The summed E-state index contributed by atoms with van der Waals surface area (Å²) in [7, 11) is 0. The summed E-state index contributed by atoms with van der Waals surface area (Å²) in [6.07, 6.45) is -1.05. The van der Waals surface area contributed by atoms with Crippen LogP contribution >= 0.6 is 78.9 Å². The highest BCUT2D eigenvalue weighted by Gasteiger charge is 2.34. The molecule has 0 radical (unpaired) electrons. The van der Waals surface area contributed by atoms with Crippen molar-refractivity contribution in [3.8, 4) is 0 Å². The van der Waals surface area contributed by atoms with E-state index in [-0.39, 0.29) is 5.11 Å². The Labute approximate surface area is 188 Å². The molecule has 26 heavy (non-hydrogen) atoms. The maximum absolute atomic E-state index is 12.4. The van der Waals surface area contributed by atoms with Crippen molar-refractivity contribution in [1.82, 2.24) is 10.6 Å². The first-order chi connectivity index (χ1) is 12.1. The fourth-order valence-corrected chi connectivity index (χ4v) is 3.27. The number of hydrogen-bond donors (Lipinski definition) is 3. The van der Waals surface area contributed by atoms with Gasteiger partial charge in [-0.2, -0.15) is 0 Å². The third-order valence-corrected chi connectivity index (χ3v) is 4.91. The molecule has 3 N–H and O–H groups in total. The molecule has 0 aromatic heterocycles. The molecule has 4 nitrogen and oxygen atoms in total. The fraction of sp³-hybridized carbons (Fsp3) is 0.125. The van der Waals surface area contributed by atoms with E-state index in [1.807, 2.05) is 24.3 Å². The van der Waals surface area contributed by atoms with Crippen LogP contribution in [0.4, 0.5) is 5.69 Å². The number of nitrogens with one attached hydrogen (secondary N) is 3. The van der Waals surface area contributed by atoms with E-state index in [0.29, 0.717) is 5.56 Å². The molecule has 0 heterocycles. The Kier molecular flexibility index (Phi) is 8.00. The van der Waals surface area contributed by atoms with E-state index < -0.39 is 15.9 Å². The van der Waals surface area contributed by atoms with Gasteiger partial charge in [-0.15, -0.1) is 0 Å². The lowest BCUT2D eigenvalue weighted by Crippen LogP contribution is -2.56. The van der Waals surface area contributed by atoms with Gasteiger partial charge in [-0.1, -0.05) is 78.8 Å². The number of hydrogen-bond acceptors (Lipinski definition) is 2. The van der Waals surface area contributed by atoms with Crippen molar-refractivity contribution in [2.45, 2.75) is 9.96 Å². The van der Waals surface area contributed by atoms with Crippen LogP contribution in [0.15, 0.2) is 57.5 Å². The van der Waals surface area contributed by atoms with E-state index in [0.717, 1.165) is 14.6 Å². The number of carbonyl (C=O) groups is 1. The SMILES string of the molecule is O=C(N[C@H](NC(=S)Nc1cccc(Br)c1)C(Cl)(Cl)Cl)c1cccc(Br)c1. The quantitative estimate of drug-likeness (QED) is 0.258. The number of thiocarbonyl (C=S) groups is 1. The van der Waals surface area contributed by atoms with Gasteiger partial charge < -0.3 is 16.0 Å². The predicted octanol–water partition coefficient (Wildman–Crippen LogP) is 5.62. The van der Waals surface area contributed by atoms with Crippen molar-refractivity contribution in [2.24, 2.45) is 0 Å². The van der Waals surface area contributed by atoms with Crippen molar-refractivity contribution in [2.75, 3.05) is 5.32 Å². The van der Waals surface area contributed by atoms with Gasteiger partial charge in [0.1, 0.15) is 6.17 Å². The molecule has 0 unspecified atom stereocenters. The summed E-state index contributed by atoms with van der Waals surface area (Å²) >= 11 is 29.9. The number of amides is 1. The zero-order valence-corrected chi connectivity index (χ0v) is 19.2. The zero-order valence-electron chi connectivity index (χ0n) is 12.9. The minimum absolute atomic E-state index is 0.189. The number of halogens is 5. The van der Waals surface area contributed by atoms with Gasteiger partial charge in [0.15, 0.2) is 5.11 Å². The number of alkyl halides is 3. The molecule has 0 saturated heterocycles. The summed E-state index contributed by atoms with van der Waals surface area (Å²) in [6, 6.07) is 14.2. The van der Waals surface area contributed by atoms with Crippen LogP contribution in [-0.2, 0) is 0 Å². The van der Waals surface area contributed by atoms with Gasteiger partial charge in [0.2, 0.25) is 3.79 Å². The van der Waals surface area contributed by atoms with E-state index in [4.69, 9.17) is 47.0 Å². The highest BCUT2D eigenvalue weighted by molar-refractivity contribution is 9.10. The second kappa shape index (κ2) is 9.57. The van der Waals surface area contributed by atoms with Gasteiger partial charge in [0.05, 0.1) is 0 Å². The molecule has 2 aromatic carbocycles. The Morgan fingerprint density at radius 3 is 2.19 bits per heavy atom. The average molecular weight is 561 g/mol. The van der Waals surface area contributed by atoms with Gasteiger partial charge in [-0.25, -0.2) is 0 Å². The average Bonchev–Trinajstić information content (AvgIpc) is 2.53. The van der Waals surface area contributed by atoms with Crippen LogP contribution in [0.2, 0.25) is 0 Å². The van der Waals surface area contributed by atoms with Crippen LogP contribution in [0.3, 0.4) is 0 Å². The van der Waals surface area contributed by atoms with E-state index in [9.17, 15) is 4.79 Å². The third kappa shape index (κ3) is 6.87. The molecule has 0 bridgehead atoms. The van der Waals surface area contributed by atoms with Crippen LogP contribution in [0.1, 0.15) is 10.4 Å². The Morgan fingerprint density at radius 1 is 1.00 bits per heavy atom. The second-order valence-electron chi connectivity index (χ2n) is 5.07. The van der Waals surface area contributed by atoms with E-state index in [2.05, 4.69) is 47.8 Å². The van der Waals surface area contributed by atoms with Crippen LogP contribution in [0.5, 0.6) is 0 Å². The number of rotatable bonds is 4. The van der Waals surface area contributed by atoms with E-state index in [1.54, 1.807) is 24.3 Å². The summed E-state index contributed by atoms with van der Waals surface area (Å²) in [5.74, 6) is -0.416. The minimum atomic E-state index is -1.83. The number of benzene rings is 2. The summed E-state index contributed by atoms with van der Waals surface area (Å²) in [6.45, 7) is 0. The predicted molar refractivity (Wildman–Crippen MR) is 119 cm³/mol. The Bertz CT molecular complexity index is 817. The van der Waals surface area contributed by atoms with Gasteiger partial charge in [0, 0.05) is 20.2 Å². The van der Waals surface area contributed by atoms with Crippen molar-refractivity contribution < 1.29 is 4.79 Å². The third-order valence-electron chi connectivity index (χ3n) is 3.05. The van der Waals surface area contributed by atoms with Crippen molar-refractivity contribution >= 4 is 95.6 Å². The molecule has 1 atom stereocenters. The fourth-order valence-electron chi connectivity index (χ4n) is 1.91. The van der Waals surface area contributed by atoms with Crippen LogP contribution in [-0.4, -0.2) is 21.0 Å². The Morgan fingerprint density at radius 2 is 1.62 bits per heavy atom. The van der Waals surface area contributed by atoms with E-state index in [1.165, 1.54) is 0 Å². The van der Waals surface area contributed by atoms with E-state index >= 15 is 0 Å². The Hall–Kier alpha value is -0.570. The molecule has 0 fully saturated rings. The number of carbonyl (C=O) groups excluding carboxylic acids is 1. The largest absolute Gasteiger partial charge is 0.339 e. The molecule has 2 rings (SSSR count). The maximum Gasteiger partial charge on any atom is 0.253 e. The monoisotopic (exact) mass is 557 g/mol. The lowest BCUT2D eigenvalue weighted by atomic mass is 10.2. The smallest absolute Gasteiger partial charge is 0.253 e. The molecule has 10 heteroatoms. The summed E-state index contributed by atoms with van der Waals surface area (Å²) in [4.78, 5) is 12.4. The summed E-state index contributed by atoms with van der Waals surface area (Å²) in [5.41, 5.74) is 1.14. The first kappa shape index (κ1) is 21.7. The summed E-state index contributed by atoms with van der Waals surface area (Å²) in [5, 5.41) is 8.58. The first-order valence-electron chi connectivity index (χ1n) is 7.11. The van der Waals surface area contributed by atoms with Gasteiger partial charge >= 0.3 is 0 Å². The molecule has 0 spiro atoms. The van der Waals surface area contributed by atoms with Gasteiger partial charge in [0.25, 0.3) is 5.91 Å². The van der Waals surface area contributed by atoms with Gasteiger partial charge in [-0.05, 0) is 48.6 Å². The standard InChI is InChI=1S/C16H12Br2Cl3N3OS/c17-10-4-1-3-9(7-10)13(25)23-14(16(19,20)21)24-15(26)22-12-6-2-5-11(18)8-12/h1-8,14H,(H,23,25)(H2,22,24,26)/t14-/m1/s1. The minimum Gasteiger partial charge on any atom is -0.339 e.